The lowest BCUT2D eigenvalue weighted by molar-refractivity contribution is 0.441. The van der Waals surface area contributed by atoms with Crippen LogP contribution in [0.3, 0.4) is 0 Å². The van der Waals surface area contributed by atoms with E-state index in [-0.39, 0.29) is 5.41 Å². The average molecular weight is 407 g/mol. The highest BCUT2D eigenvalue weighted by Crippen LogP contribution is 2.25. The quantitative estimate of drug-likeness (QED) is 0.563. The minimum atomic E-state index is -0.217. The molecule has 0 aromatic heterocycles. The molecule has 0 amide bonds. The van der Waals surface area contributed by atoms with E-state index in [9.17, 15) is 0 Å². The molecule has 1 aromatic rings. The van der Waals surface area contributed by atoms with E-state index in [1.165, 1.54) is 3.57 Å². The summed E-state index contributed by atoms with van der Waals surface area (Å²) in [5.74, 6) is 0. The van der Waals surface area contributed by atoms with Crippen LogP contribution in [-0.2, 0) is 0 Å². The van der Waals surface area contributed by atoms with E-state index < -0.39 is 0 Å². The molecular formula is C13H16BrIN2. The van der Waals surface area contributed by atoms with Gasteiger partial charge in [0.1, 0.15) is 0 Å². The fourth-order valence-electron chi connectivity index (χ4n) is 1.44. The Morgan fingerprint density at radius 1 is 1.47 bits per heavy atom. The molecule has 2 nitrogen and oxygen atoms in total. The van der Waals surface area contributed by atoms with Gasteiger partial charge in [-0.15, -0.1) is 0 Å². The standard InChI is InChI=1S/C13H16BrIN2/c1-13(2,9-16)6-3-7-17-12-5-4-10(15)8-11(12)14/h4-5,8,17H,3,6-7H2,1-2H3. The second kappa shape index (κ2) is 6.60. The van der Waals surface area contributed by atoms with Gasteiger partial charge in [-0.05, 0) is 83.4 Å². The molecule has 1 N–H and O–H groups in total. The monoisotopic (exact) mass is 406 g/mol. The Bertz CT molecular complexity index is 424. The maximum absolute atomic E-state index is 8.91. The van der Waals surface area contributed by atoms with Crippen molar-refractivity contribution in [1.82, 2.24) is 0 Å². The second-order valence-electron chi connectivity index (χ2n) is 4.65. The first-order chi connectivity index (χ1) is 7.94. The van der Waals surface area contributed by atoms with Gasteiger partial charge in [-0.3, -0.25) is 0 Å². The Balaban J connectivity index is 2.39. The van der Waals surface area contributed by atoms with E-state index >= 15 is 0 Å². The number of nitrogens with zero attached hydrogens (tertiary/aromatic N) is 1. The van der Waals surface area contributed by atoms with Crippen molar-refractivity contribution in [3.63, 3.8) is 0 Å². The summed E-state index contributed by atoms with van der Waals surface area (Å²) < 4.78 is 2.30. The zero-order chi connectivity index (χ0) is 12.9. The minimum Gasteiger partial charge on any atom is -0.384 e. The third-order valence-corrected chi connectivity index (χ3v) is 3.85. The number of hydrogen-bond donors (Lipinski definition) is 1. The van der Waals surface area contributed by atoms with Crippen molar-refractivity contribution < 1.29 is 0 Å². The van der Waals surface area contributed by atoms with Crippen molar-refractivity contribution in [1.29, 1.82) is 5.26 Å². The van der Waals surface area contributed by atoms with Crippen LogP contribution in [0.25, 0.3) is 0 Å². The van der Waals surface area contributed by atoms with Gasteiger partial charge >= 0.3 is 0 Å². The Hall–Kier alpha value is -0.280. The van der Waals surface area contributed by atoms with Crippen LogP contribution >= 0.6 is 38.5 Å². The molecule has 0 heterocycles. The number of rotatable bonds is 5. The average Bonchev–Trinajstić information content (AvgIpc) is 2.27. The van der Waals surface area contributed by atoms with Gasteiger partial charge in [0.05, 0.1) is 11.5 Å². The molecule has 0 spiro atoms. The molecule has 0 unspecified atom stereocenters. The third-order valence-electron chi connectivity index (χ3n) is 2.53. The van der Waals surface area contributed by atoms with Gasteiger partial charge in [0, 0.05) is 20.3 Å². The molecule has 17 heavy (non-hydrogen) atoms. The normalized spacial score (nSPS) is 11.0. The summed E-state index contributed by atoms with van der Waals surface area (Å²) in [6.45, 7) is 4.85. The van der Waals surface area contributed by atoms with Crippen LogP contribution < -0.4 is 5.32 Å². The highest BCUT2D eigenvalue weighted by atomic mass is 127. The van der Waals surface area contributed by atoms with Gasteiger partial charge in [0.2, 0.25) is 0 Å². The van der Waals surface area contributed by atoms with Crippen LogP contribution in [0.1, 0.15) is 26.7 Å². The topological polar surface area (TPSA) is 35.8 Å². The van der Waals surface area contributed by atoms with Crippen LogP contribution in [0.4, 0.5) is 5.69 Å². The molecule has 0 aliphatic rings. The Kier molecular flexibility index (Phi) is 5.74. The number of halogens is 2. The summed E-state index contributed by atoms with van der Waals surface area (Å²) in [6.07, 6.45) is 1.91. The molecule has 0 saturated carbocycles. The lowest BCUT2D eigenvalue weighted by Crippen LogP contribution is -2.11. The third kappa shape index (κ3) is 5.26. The number of nitriles is 1. The fraction of sp³-hybridized carbons (Fsp3) is 0.462. The summed E-state index contributed by atoms with van der Waals surface area (Å²) in [6, 6.07) is 8.55. The second-order valence-corrected chi connectivity index (χ2v) is 6.75. The van der Waals surface area contributed by atoms with Gasteiger partial charge < -0.3 is 5.32 Å². The molecule has 1 aromatic carbocycles. The molecule has 0 fully saturated rings. The summed E-state index contributed by atoms with van der Waals surface area (Å²) in [5.41, 5.74) is 0.894. The van der Waals surface area contributed by atoms with Gasteiger partial charge in [0.15, 0.2) is 0 Å². The van der Waals surface area contributed by atoms with E-state index in [4.69, 9.17) is 5.26 Å². The van der Waals surface area contributed by atoms with Gasteiger partial charge in [-0.25, -0.2) is 0 Å². The maximum atomic E-state index is 8.91. The molecular weight excluding hydrogens is 391 g/mol. The molecule has 0 aliphatic carbocycles. The van der Waals surface area contributed by atoms with E-state index in [2.05, 4.69) is 68.1 Å². The summed E-state index contributed by atoms with van der Waals surface area (Å²) >= 11 is 5.82. The molecule has 1 rings (SSSR count). The largest absolute Gasteiger partial charge is 0.384 e. The van der Waals surface area contributed by atoms with Gasteiger partial charge in [0.25, 0.3) is 0 Å². The van der Waals surface area contributed by atoms with Crippen LogP contribution in [-0.4, -0.2) is 6.54 Å². The SMILES string of the molecule is CC(C)(C#N)CCCNc1ccc(I)cc1Br. The maximum Gasteiger partial charge on any atom is 0.0683 e. The molecule has 92 valence electrons. The van der Waals surface area contributed by atoms with Crippen LogP contribution in [0.5, 0.6) is 0 Å². The van der Waals surface area contributed by atoms with Gasteiger partial charge in [-0.1, -0.05) is 0 Å². The molecule has 0 atom stereocenters. The molecule has 0 radical (unpaired) electrons. The van der Waals surface area contributed by atoms with Gasteiger partial charge in [-0.2, -0.15) is 5.26 Å². The fourth-order valence-corrected chi connectivity index (χ4v) is 2.88. The highest BCUT2D eigenvalue weighted by molar-refractivity contribution is 14.1. The highest BCUT2D eigenvalue weighted by Gasteiger charge is 2.15. The number of nitrogens with one attached hydrogen (secondary N) is 1. The van der Waals surface area contributed by atoms with E-state index in [0.717, 1.165) is 29.5 Å². The Morgan fingerprint density at radius 2 is 2.18 bits per heavy atom. The van der Waals surface area contributed by atoms with Crippen molar-refractivity contribution >= 4 is 44.2 Å². The zero-order valence-corrected chi connectivity index (χ0v) is 13.8. The number of anilines is 1. The minimum absolute atomic E-state index is 0.217. The van der Waals surface area contributed by atoms with Crippen molar-refractivity contribution in [3.8, 4) is 6.07 Å². The smallest absolute Gasteiger partial charge is 0.0683 e. The number of benzene rings is 1. The van der Waals surface area contributed by atoms with E-state index in [1.54, 1.807) is 0 Å². The van der Waals surface area contributed by atoms with E-state index in [0.29, 0.717) is 0 Å². The summed E-state index contributed by atoms with van der Waals surface area (Å²) in [4.78, 5) is 0. The predicted molar refractivity (Wildman–Crippen MR) is 84.0 cm³/mol. The molecule has 0 saturated heterocycles. The van der Waals surface area contributed by atoms with Crippen LogP contribution in [0.15, 0.2) is 22.7 Å². The lowest BCUT2D eigenvalue weighted by atomic mass is 9.90. The molecule has 0 bridgehead atoms. The lowest BCUT2D eigenvalue weighted by Gasteiger charge is -2.15. The summed E-state index contributed by atoms with van der Waals surface area (Å²) in [5, 5.41) is 12.3. The van der Waals surface area contributed by atoms with Crippen molar-refractivity contribution in [2.75, 3.05) is 11.9 Å². The molecule has 4 heteroatoms. The first-order valence-electron chi connectivity index (χ1n) is 5.55. The predicted octanol–water partition coefficient (Wildman–Crippen LogP) is 4.80. The Labute approximate surface area is 125 Å². The zero-order valence-electron chi connectivity index (χ0n) is 10.1. The van der Waals surface area contributed by atoms with E-state index in [1.807, 2.05) is 13.8 Å². The first kappa shape index (κ1) is 14.8. The van der Waals surface area contributed by atoms with Crippen molar-refractivity contribution in [2.45, 2.75) is 26.7 Å². The Morgan fingerprint density at radius 3 is 2.76 bits per heavy atom. The van der Waals surface area contributed by atoms with Crippen molar-refractivity contribution in [2.24, 2.45) is 5.41 Å². The first-order valence-corrected chi connectivity index (χ1v) is 7.42. The van der Waals surface area contributed by atoms with Crippen molar-refractivity contribution in [3.05, 3.63) is 26.2 Å². The number of hydrogen-bond acceptors (Lipinski definition) is 2. The van der Waals surface area contributed by atoms with Crippen LogP contribution in [0.2, 0.25) is 0 Å². The molecule has 0 aliphatic heterocycles. The summed E-state index contributed by atoms with van der Waals surface area (Å²) in [7, 11) is 0. The van der Waals surface area contributed by atoms with Crippen LogP contribution in [0, 0.1) is 20.3 Å².